The smallest absolute Gasteiger partial charge is 0.231 e. The zero-order valence-corrected chi connectivity index (χ0v) is 70.3. The molecule has 21 heteroatoms. The van der Waals surface area contributed by atoms with Gasteiger partial charge in [0.15, 0.2) is 40.8 Å². The number of aromatic hydroxyl groups is 1. The minimum absolute atomic E-state index is 0. The highest BCUT2D eigenvalue weighted by molar-refractivity contribution is 9.10. The number of hydrogen-bond acceptors (Lipinski definition) is 18. The lowest BCUT2D eigenvalue weighted by atomic mass is 9.99. The van der Waals surface area contributed by atoms with E-state index in [-0.39, 0.29) is 38.5 Å². The average molecular weight is 1780 g/mol. The third-order valence-corrected chi connectivity index (χ3v) is 20.7. The number of para-hydroxylation sites is 2. The van der Waals surface area contributed by atoms with Gasteiger partial charge in [-0.15, -0.1) is 12.4 Å². The third-order valence-electron chi connectivity index (χ3n) is 19.4. The highest BCUT2D eigenvalue weighted by Crippen LogP contribution is 2.43. The Morgan fingerprint density at radius 1 is 0.301 bits per heavy atom. The number of pyridine rings is 5. The van der Waals surface area contributed by atoms with Crippen LogP contribution in [0.1, 0.15) is 39.7 Å². The van der Waals surface area contributed by atoms with Gasteiger partial charge in [0.2, 0.25) is 20.4 Å². The molecule has 0 amide bonds. The fraction of sp³-hybridized carbons (Fsp3) is 0.0882. The van der Waals surface area contributed by atoms with Crippen LogP contribution in [-0.4, -0.2) is 60.6 Å². The van der Waals surface area contributed by atoms with E-state index in [2.05, 4.69) is 142 Å². The van der Waals surface area contributed by atoms with Gasteiger partial charge in [0, 0.05) is 73.3 Å². The van der Waals surface area contributed by atoms with E-state index in [1.54, 1.807) is 61.3 Å². The fourth-order valence-electron chi connectivity index (χ4n) is 13.2. The number of fused-ring (bicyclic) bond motifs is 8. The summed E-state index contributed by atoms with van der Waals surface area (Å²) in [6, 6.07) is 111. The molecule has 0 unspecified atom stereocenters. The Hall–Kier alpha value is -14.1. The van der Waals surface area contributed by atoms with Gasteiger partial charge in [-0.1, -0.05) is 256 Å². The van der Waals surface area contributed by atoms with Crippen LogP contribution >= 0.6 is 44.3 Å². The Bertz CT molecular complexity index is 6290. The number of aliphatic hydroxyl groups excluding tert-OH is 1. The van der Waals surface area contributed by atoms with Crippen LogP contribution in [0.3, 0.4) is 0 Å². The molecule has 0 aliphatic carbocycles. The lowest BCUT2D eigenvalue weighted by Crippen LogP contribution is -1.97. The van der Waals surface area contributed by atoms with Crippen molar-refractivity contribution in [2.75, 3.05) is 20.4 Å². The first kappa shape index (κ1) is 85.3. The van der Waals surface area contributed by atoms with Gasteiger partial charge < -0.3 is 62.7 Å². The summed E-state index contributed by atoms with van der Waals surface area (Å²) in [5.41, 5.74) is 14.7. The van der Waals surface area contributed by atoms with Crippen molar-refractivity contribution in [2.45, 2.75) is 38.0 Å². The summed E-state index contributed by atoms with van der Waals surface area (Å²) in [5.74, 6) is 7.73. The van der Waals surface area contributed by atoms with Crippen LogP contribution in [0.5, 0.6) is 63.2 Å². The zero-order valence-electron chi connectivity index (χ0n) is 66.3. The molecular formula is C102H82Br2ClN5O13. The first-order chi connectivity index (χ1) is 60.1. The number of phenols is 1. The monoisotopic (exact) mass is 1780 g/mol. The molecule has 5 aromatic heterocycles. The number of nitrogens with zero attached hydrogens (tertiary/aromatic N) is 5. The lowest BCUT2D eigenvalue weighted by molar-refractivity contribution is -0.0426. The Morgan fingerprint density at radius 2 is 0.634 bits per heavy atom. The van der Waals surface area contributed by atoms with E-state index in [0.717, 1.165) is 149 Å². The summed E-state index contributed by atoms with van der Waals surface area (Å²) in [5, 5.41) is 33.1. The third kappa shape index (κ3) is 22.7. The van der Waals surface area contributed by atoms with Gasteiger partial charge in [-0.3, -0.25) is 24.9 Å². The number of rotatable bonds is 16. The van der Waals surface area contributed by atoms with Gasteiger partial charge in [-0.25, -0.2) is 0 Å². The maximum atomic E-state index is 9.31. The van der Waals surface area contributed by atoms with Gasteiger partial charge in [-0.05, 0) is 165 Å². The van der Waals surface area contributed by atoms with Crippen LogP contribution in [0.15, 0.2) is 375 Å². The molecule has 18 aromatic rings. The molecule has 13 aromatic carbocycles. The van der Waals surface area contributed by atoms with E-state index in [0.29, 0.717) is 49.0 Å². The molecule has 3 aliphatic heterocycles. The van der Waals surface area contributed by atoms with E-state index in [4.69, 9.17) is 57.6 Å². The van der Waals surface area contributed by atoms with Crippen molar-refractivity contribution >= 4 is 98.8 Å². The maximum Gasteiger partial charge on any atom is 0.231 e. The molecule has 0 saturated heterocycles. The van der Waals surface area contributed by atoms with Crippen molar-refractivity contribution < 1.29 is 62.7 Å². The fourth-order valence-corrected chi connectivity index (χ4v) is 14.1. The Balaban J connectivity index is 0.000000121. The summed E-state index contributed by atoms with van der Waals surface area (Å²) < 4.78 is 56.8. The van der Waals surface area contributed by atoms with Gasteiger partial charge in [0.25, 0.3) is 0 Å². The van der Waals surface area contributed by atoms with Crippen LogP contribution < -0.4 is 47.4 Å². The Kier molecular flexibility index (Phi) is 30.0. The normalized spacial score (nSPS) is 11.4. The Labute approximate surface area is 733 Å². The minimum Gasteiger partial charge on any atom is -0.506 e. The molecule has 0 fully saturated rings. The largest absolute Gasteiger partial charge is 0.506 e. The predicted molar refractivity (Wildman–Crippen MR) is 490 cm³/mol. The van der Waals surface area contributed by atoms with Crippen LogP contribution in [-0.2, 0) is 31.8 Å². The van der Waals surface area contributed by atoms with Gasteiger partial charge in [0.1, 0.15) is 82.8 Å². The lowest BCUT2D eigenvalue weighted by Gasteiger charge is -2.12. The molecular weight excluding hydrogens is 1700 g/mol. The van der Waals surface area contributed by atoms with Crippen molar-refractivity contribution in [1.29, 1.82) is 0 Å². The molecule has 123 heavy (non-hydrogen) atoms. The van der Waals surface area contributed by atoms with Gasteiger partial charge >= 0.3 is 0 Å². The predicted octanol–water partition coefficient (Wildman–Crippen LogP) is 24.2. The molecule has 21 rings (SSSR count). The molecule has 0 saturated carbocycles. The first-order valence-corrected chi connectivity index (χ1v) is 41.0. The zero-order chi connectivity index (χ0) is 83.4. The summed E-state index contributed by atoms with van der Waals surface area (Å²) in [4.78, 5) is 21.9. The molecule has 8 heterocycles. The highest BCUT2D eigenvalue weighted by Gasteiger charge is 2.20. The first-order valence-electron chi connectivity index (χ1n) is 39.1. The van der Waals surface area contributed by atoms with Gasteiger partial charge in [-0.2, -0.15) is 0 Å². The standard InChI is InChI=1S/2C23H17NO3.C16H12BrNO.C16H13NO.C9H7NO.C8H8O4.C7H7Br.ClH/c2*1-2-5-16(6-3-1)14-25-21-11-9-18(19-7-4-12-24-23(19)21)17-8-10-20-22(13-17)27-15-26-20;17-14-8-9-15(16-13(14)7-4-10-18-16)19-11-12-5-2-1-3-6-12;1-2-6-13(7-3-1)12-18-15-10-4-8-14-9-5-11-17-16(14)15;11-8-5-1-3-7-4-2-6-10-9(7)8;9-8(10)5-1-2-6-7(3-5)12-4-11-6;8-6-7-4-2-1-3-5-7;/h2*1-13H,14-15H2;1-10H,11H2;1-11H,12H2;1-6,11H;1-3,8-10H,4H2;1-5H,6H2;1H. The van der Waals surface area contributed by atoms with Crippen molar-refractivity contribution in [2.24, 2.45) is 0 Å². The van der Waals surface area contributed by atoms with E-state index in [9.17, 15) is 5.11 Å². The van der Waals surface area contributed by atoms with Crippen LogP contribution in [0, 0.1) is 0 Å². The topological polar surface area (TPSA) is 217 Å². The quantitative estimate of drug-likeness (QED) is 0.0605. The summed E-state index contributed by atoms with van der Waals surface area (Å²) >= 11 is 6.89. The van der Waals surface area contributed by atoms with E-state index in [1.807, 2.05) is 224 Å². The molecule has 18 nitrogen and oxygen atoms in total. The van der Waals surface area contributed by atoms with E-state index in [1.165, 1.54) is 5.56 Å². The summed E-state index contributed by atoms with van der Waals surface area (Å²) in [6.07, 6.45) is 7.37. The molecule has 0 spiro atoms. The van der Waals surface area contributed by atoms with Crippen molar-refractivity contribution in [3.8, 4) is 85.5 Å². The second-order valence-corrected chi connectivity index (χ2v) is 28.9. The number of phenolic OH excluding ortho intramolecular Hbond substituents is 1. The van der Waals surface area contributed by atoms with Crippen LogP contribution in [0.25, 0.3) is 76.8 Å². The Morgan fingerprint density at radius 3 is 1.05 bits per heavy atom. The number of aromatic nitrogens is 5. The van der Waals surface area contributed by atoms with Crippen LogP contribution in [0.2, 0.25) is 0 Å². The second-order valence-electron chi connectivity index (χ2n) is 27.5. The van der Waals surface area contributed by atoms with Crippen molar-refractivity contribution in [3.05, 3.63) is 409 Å². The molecule has 3 aliphatic rings. The summed E-state index contributed by atoms with van der Waals surface area (Å²) in [7, 11) is 0. The minimum atomic E-state index is -1.46. The molecule has 0 atom stereocenters. The number of ether oxygens (including phenoxy) is 10. The highest BCUT2D eigenvalue weighted by atomic mass is 79.9. The van der Waals surface area contributed by atoms with E-state index >= 15 is 0 Å². The molecule has 0 radical (unpaired) electrons. The number of hydrogen-bond donors (Lipinski definition) is 3. The SMILES string of the molecule is BrCc1ccccc1.Brc1ccc(OCc2ccccc2)c2ncccc12.Cl.OC(O)c1ccc2c(c1)OCO2.Oc1cccc2cccnc12.c1ccc(COc2ccc(-c3ccc4c(c3)OCO4)c3cccnc23)cc1.c1ccc(COc2ccc(-c3ccc4c(c3)OCO4)c3cccnc23)cc1.c1ccc(COc2cccc3cccnc23)cc1. The maximum absolute atomic E-state index is 9.31. The average Bonchev–Trinajstić information content (AvgIpc) is 1.75. The molecule has 0 bridgehead atoms. The molecule has 3 N–H and O–H groups in total. The van der Waals surface area contributed by atoms with E-state index < -0.39 is 6.29 Å². The number of halogens is 3. The number of aliphatic hydroxyl groups is 2. The van der Waals surface area contributed by atoms with Crippen molar-refractivity contribution in [1.82, 2.24) is 24.9 Å². The number of benzene rings is 13. The van der Waals surface area contributed by atoms with Gasteiger partial charge in [0.05, 0.1) is 0 Å². The van der Waals surface area contributed by atoms with Crippen LogP contribution in [0.4, 0.5) is 0 Å². The number of alkyl halides is 1. The van der Waals surface area contributed by atoms with Crippen molar-refractivity contribution in [3.63, 3.8) is 0 Å². The summed E-state index contributed by atoms with van der Waals surface area (Å²) in [6.45, 7) is 2.87. The molecule has 614 valence electrons. The second kappa shape index (κ2) is 43.2.